The molecule has 1 fully saturated rings. The van der Waals surface area contributed by atoms with Crippen LogP contribution in [-0.4, -0.2) is 28.4 Å². The first kappa shape index (κ1) is 11.5. The van der Waals surface area contributed by atoms with Crippen molar-refractivity contribution in [3.8, 4) is 0 Å². The molecule has 2 aliphatic rings. The second-order valence-corrected chi connectivity index (χ2v) is 5.21. The van der Waals surface area contributed by atoms with E-state index in [1.54, 1.807) is 0 Å². The van der Waals surface area contributed by atoms with E-state index in [4.69, 9.17) is 5.73 Å². The lowest BCUT2D eigenvalue weighted by Crippen LogP contribution is -2.35. The van der Waals surface area contributed by atoms with Crippen LogP contribution >= 0.6 is 0 Å². The number of nitrogens with one attached hydrogen (secondary N) is 1. The molecule has 0 spiro atoms. The van der Waals surface area contributed by atoms with Gasteiger partial charge in [-0.25, -0.2) is 0 Å². The first-order chi connectivity index (χ1) is 8.75. The molecule has 96 valence electrons. The van der Waals surface area contributed by atoms with Crippen LogP contribution < -0.4 is 5.73 Å². The zero-order valence-electron chi connectivity index (χ0n) is 10.4. The highest BCUT2D eigenvalue weighted by atomic mass is 16.2. The molecule has 3 N–H and O–H groups in total. The number of amides is 1. The van der Waals surface area contributed by atoms with E-state index in [9.17, 15) is 4.79 Å². The maximum absolute atomic E-state index is 12.5. The van der Waals surface area contributed by atoms with Crippen LogP contribution in [0.2, 0.25) is 0 Å². The molecule has 0 saturated carbocycles. The minimum atomic E-state index is -0.0180. The maximum Gasteiger partial charge on any atom is 0.230 e. The zero-order chi connectivity index (χ0) is 12.5. The van der Waals surface area contributed by atoms with Gasteiger partial charge in [-0.3, -0.25) is 4.79 Å². The van der Waals surface area contributed by atoms with Crippen LogP contribution in [0.1, 0.15) is 31.0 Å². The number of hydrogen-bond acceptors (Lipinski definition) is 2. The van der Waals surface area contributed by atoms with Gasteiger partial charge in [0, 0.05) is 24.5 Å². The van der Waals surface area contributed by atoms with Gasteiger partial charge in [0.2, 0.25) is 5.91 Å². The highest BCUT2D eigenvalue weighted by molar-refractivity contribution is 5.82. The Morgan fingerprint density at radius 3 is 3.00 bits per heavy atom. The van der Waals surface area contributed by atoms with Crippen molar-refractivity contribution in [1.82, 2.24) is 9.88 Å². The van der Waals surface area contributed by atoms with Crippen molar-refractivity contribution in [3.05, 3.63) is 36.2 Å². The highest BCUT2D eigenvalue weighted by Crippen LogP contribution is 2.33. The molecule has 3 rings (SSSR count). The first-order valence-corrected chi connectivity index (χ1v) is 6.63. The number of aromatic amines is 1. The van der Waals surface area contributed by atoms with Gasteiger partial charge in [-0.05, 0) is 31.4 Å². The third-order valence-electron chi connectivity index (χ3n) is 3.95. The molecule has 4 heteroatoms. The molecule has 4 nitrogen and oxygen atoms in total. The average Bonchev–Trinajstić information content (AvgIpc) is 3.08. The van der Waals surface area contributed by atoms with Gasteiger partial charge in [0.15, 0.2) is 0 Å². The molecular formula is C14H19N3O. The first-order valence-electron chi connectivity index (χ1n) is 6.63. The number of nitrogens with two attached hydrogens (primary N) is 1. The van der Waals surface area contributed by atoms with Crippen molar-refractivity contribution < 1.29 is 4.79 Å². The quantitative estimate of drug-likeness (QED) is 0.777. The Balaban J connectivity index is 1.75. The third kappa shape index (κ3) is 1.97. The Hall–Kier alpha value is -1.55. The van der Waals surface area contributed by atoms with Crippen LogP contribution in [0.15, 0.2) is 30.5 Å². The Labute approximate surface area is 107 Å². The van der Waals surface area contributed by atoms with Crippen LogP contribution in [0.25, 0.3) is 0 Å². The number of hydrogen-bond donors (Lipinski definition) is 2. The van der Waals surface area contributed by atoms with Gasteiger partial charge in [-0.1, -0.05) is 12.2 Å². The van der Waals surface area contributed by atoms with Crippen LogP contribution in [0.4, 0.5) is 0 Å². The van der Waals surface area contributed by atoms with E-state index in [-0.39, 0.29) is 23.9 Å². The van der Waals surface area contributed by atoms with Gasteiger partial charge < -0.3 is 15.6 Å². The molecule has 1 amide bonds. The van der Waals surface area contributed by atoms with Crippen molar-refractivity contribution >= 4 is 5.91 Å². The van der Waals surface area contributed by atoms with Gasteiger partial charge in [0.05, 0.1) is 12.0 Å². The molecule has 0 bridgehead atoms. The Morgan fingerprint density at radius 1 is 1.44 bits per heavy atom. The Bertz CT molecular complexity index is 452. The van der Waals surface area contributed by atoms with E-state index in [0.29, 0.717) is 0 Å². The summed E-state index contributed by atoms with van der Waals surface area (Å²) in [7, 11) is 0. The average molecular weight is 245 g/mol. The lowest BCUT2D eigenvalue weighted by atomic mass is 10.0. The topological polar surface area (TPSA) is 62.1 Å². The molecule has 1 aliphatic heterocycles. The summed E-state index contributed by atoms with van der Waals surface area (Å²) in [5, 5.41) is 0. The van der Waals surface area contributed by atoms with E-state index in [1.165, 1.54) is 0 Å². The molecule has 1 aromatic heterocycles. The largest absolute Gasteiger partial charge is 0.363 e. The summed E-state index contributed by atoms with van der Waals surface area (Å²) in [5.41, 5.74) is 6.97. The summed E-state index contributed by atoms with van der Waals surface area (Å²) in [6.07, 6.45) is 8.72. The number of rotatable bonds is 2. The molecular weight excluding hydrogens is 226 g/mol. The normalized spacial score (nSPS) is 31.2. The molecule has 3 unspecified atom stereocenters. The summed E-state index contributed by atoms with van der Waals surface area (Å²) >= 11 is 0. The lowest BCUT2D eigenvalue weighted by molar-refractivity contribution is -0.135. The number of H-pyrrole nitrogens is 1. The van der Waals surface area contributed by atoms with Gasteiger partial charge >= 0.3 is 0 Å². The van der Waals surface area contributed by atoms with Crippen molar-refractivity contribution in [1.29, 1.82) is 0 Å². The van der Waals surface area contributed by atoms with Crippen molar-refractivity contribution in [2.45, 2.75) is 31.3 Å². The molecule has 3 atom stereocenters. The fourth-order valence-electron chi connectivity index (χ4n) is 3.03. The summed E-state index contributed by atoms with van der Waals surface area (Å²) < 4.78 is 0. The molecule has 1 aromatic rings. The molecule has 2 heterocycles. The number of carbonyl (C=O) groups is 1. The summed E-state index contributed by atoms with van der Waals surface area (Å²) in [5.74, 6) is 0.215. The predicted octanol–water partition coefficient (Wildman–Crippen LogP) is 1.58. The van der Waals surface area contributed by atoms with Crippen LogP contribution in [0.3, 0.4) is 0 Å². The monoisotopic (exact) mass is 245 g/mol. The molecule has 18 heavy (non-hydrogen) atoms. The van der Waals surface area contributed by atoms with E-state index >= 15 is 0 Å². The minimum absolute atomic E-state index is 0.0180. The summed E-state index contributed by atoms with van der Waals surface area (Å²) in [6, 6.07) is 4.32. The predicted molar refractivity (Wildman–Crippen MR) is 69.7 cm³/mol. The van der Waals surface area contributed by atoms with Gasteiger partial charge in [0.25, 0.3) is 0 Å². The fourth-order valence-corrected chi connectivity index (χ4v) is 3.03. The van der Waals surface area contributed by atoms with E-state index in [0.717, 1.165) is 31.5 Å². The van der Waals surface area contributed by atoms with E-state index < -0.39 is 0 Å². The van der Waals surface area contributed by atoms with Crippen molar-refractivity contribution in [2.24, 2.45) is 11.7 Å². The van der Waals surface area contributed by atoms with Crippen LogP contribution in [0.5, 0.6) is 0 Å². The standard InChI is InChI=1S/C14H19N3O/c15-11-6-5-10(9-11)14(18)17-8-2-4-13(17)12-3-1-7-16-12/h1,3,5-7,10-11,13,16H,2,4,8-9,15H2. The number of likely N-dealkylation sites (tertiary alicyclic amines) is 1. The van der Waals surface area contributed by atoms with Gasteiger partial charge in [0.1, 0.15) is 0 Å². The number of carbonyl (C=O) groups excluding carboxylic acids is 1. The Kier molecular flexibility index (Phi) is 2.96. The second kappa shape index (κ2) is 4.61. The second-order valence-electron chi connectivity index (χ2n) is 5.21. The van der Waals surface area contributed by atoms with Gasteiger partial charge in [-0.2, -0.15) is 0 Å². The van der Waals surface area contributed by atoms with Crippen LogP contribution in [-0.2, 0) is 4.79 Å². The van der Waals surface area contributed by atoms with Gasteiger partial charge in [-0.15, -0.1) is 0 Å². The highest BCUT2D eigenvalue weighted by Gasteiger charge is 2.35. The van der Waals surface area contributed by atoms with Crippen LogP contribution in [0, 0.1) is 5.92 Å². The molecule has 0 aromatic carbocycles. The van der Waals surface area contributed by atoms with Crippen molar-refractivity contribution in [3.63, 3.8) is 0 Å². The summed E-state index contributed by atoms with van der Waals surface area (Å²) in [6.45, 7) is 0.863. The maximum atomic E-state index is 12.5. The van der Waals surface area contributed by atoms with E-state index in [1.807, 2.05) is 29.3 Å². The molecule has 1 saturated heterocycles. The SMILES string of the molecule is NC1C=CC(C(=O)N2CCCC2c2ccc[nH]2)C1. The third-order valence-corrected chi connectivity index (χ3v) is 3.95. The van der Waals surface area contributed by atoms with E-state index in [2.05, 4.69) is 11.1 Å². The number of nitrogens with zero attached hydrogens (tertiary/aromatic N) is 1. The molecule has 0 radical (unpaired) electrons. The fraction of sp³-hybridized carbons (Fsp3) is 0.500. The zero-order valence-corrected chi connectivity index (χ0v) is 10.4. The Morgan fingerprint density at radius 2 is 2.33 bits per heavy atom. The smallest absolute Gasteiger partial charge is 0.230 e. The lowest BCUT2D eigenvalue weighted by Gasteiger charge is -2.26. The molecule has 1 aliphatic carbocycles. The van der Waals surface area contributed by atoms with Crippen molar-refractivity contribution in [2.75, 3.05) is 6.54 Å². The number of aromatic nitrogens is 1. The minimum Gasteiger partial charge on any atom is -0.363 e. The summed E-state index contributed by atoms with van der Waals surface area (Å²) in [4.78, 5) is 17.7.